The van der Waals surface area contributed by atoms with Gasteiger partial charge in [-0.05, 0) is 31.0 Å². The van der Waals surface area contributed by atoms with Crippen LogP contribution in [0.5, 0.6) is 0 Å². The number of pyridine rings is 1. The van der Waals surface area contributed by atoms with Crippen LogP contribution in [0.2, 0.25) is 0 Å². The fraction of sp³-hybridized carbons (Fsp3) is 0.688. The molecule has 2 atom stereocenters. The molecule has 0 saturated carbocycles. The maximum absolute atomic E-state index is 9.85. The van der Waals surface area contributed by atoms with E-state index in [0.717, 1.165) is 25.0 Å². The van der Waals surface area contributed by atoms with Gasteiger partial charge in [0.05, 0.1) is 25.9 Å². The number of hydrogen-bond acceptors (Lipinski definition) is 5. The van der Waals surface area contributed by atoms with Crippen LogP contribution in [0, 0.1) is 0 Å². The first kappa shape index (κ1) is 18.0. The van der Waals surface area contributed by atoms with Gasteiger partial charge in [0.15, 0.2) is 0 Å². The second-order valence-corrected chi connectivity index (χ2v) is 5.11. The van der Waals surface area contributed by atoms with Gasteiger partial charge < -0.3 is 19.9 Å². The molecule has 0 aliphatic heterocycles. The lowest BCUT2D eigenvalue weighted by Gasteiger charge is -2.17. The fourth-order valence-corrected chi connectivity index (χ4v) is 1.83. The van der Waals surface area contributed by atoms with E-state index in [0.29, 0.717) is 26.4 Å². The van der Waals surface area contributed by atoms with Crippen LogP contribution in [0.15, 0.2) is 24.5 Å². The molecule has 0 saturated heterocycles. The highest BCUT2D eigenvalue weighted by Crippen LogP contribution is 2.09. The van der Waals surface area contributed by atoms with Gasteiger partial charge in [0.25, 0.3) is 0 Å². The Kier molecular flexibility index (Phi) is 9.99. The van der Waals surface area contributed by atoms with E-state index >= 15 is 0 Å². The van der Waals surface area contributed by atoms with Crippen LogP contribution in [0.3, 0.4) is 0 Å². The molecule has 5 heteroatoms. The molecule has 1 unspecified atom stereocenters. The molecule has 1 heterocycles. The molecule has 0 aliphatic rings. The maximum Gasteiger partial charge on any atom is 0.0897 e. The number of rotatable bonds is 12. The Morgan fingerprint density at radius 1 is 1.19 bits per heavy atom. The third kappa shape index (κ3) is 8.78. The summed E-state index contributed by atoms with van der Waals surface area (Å²) in [5.74, 6) is 0. The SMILES string of the molecule is CCCCOCCOCC(O)CN[C@@H](C)c1ccncc1. The molecule has 0 radical (unpaired) electrons. The molecule has 0 aromatic carbocycles. The summed E-state index contributed by atoms with van der Waals surface area (Å²) in [6.07, 6.45) is 5.25. The van der Waals surface area contributed by atoms with Crippen molar-refractivity contribution in [2.24, 2.45) is 0 Å². The summed E-state index contributed by atoms with van der Waals surface area (Å²) in [7, 11) is 0. The van der Waals surface area contributed by atoms with Gasteiger partial charge in [0, 0.05) is 31.6 Å². The van der Waals surface area contributed by atoms with Crippen molar-refractivity contribution in [1.29, 1.82) is 0 Å². The number of ether oxygens (including phenoxy) is 2. The Bertz CT molecular complexity index is 349. The lowest BCUT2D eigenvalue weighted by molar-refractivity contribution is 0.00332. The smallest absolute Gasteiger partial charge is 0.0897 e. The largest absolute Gasteiger partial charge is 0.389 e. The molecule has 0 fully saturated rings. The van der Waals surface area contributed by atoms with Gasteiger partial charge in [-0.2, -0.15) is 0 Å². The summed E-state index contributed by atoms with van der Waals surface area (Å²) in [5.41, 5.74) is 1.16. The Balaban J connectivity index is 2.02. The summed E-state index contributed by atoms with van der Waals surface area (Å²) in [4.78, 5) is 3.99. The summed E-state index contributed by atoms with van der Waals surface area (Å²) >= 11 is 0. The molecule has 0 spiro atoms. The van der Waals surface area contributed by atoms with Crippen molar-refractivity contribution in [3.8, 4) is 0 Å². The monoisotopic (exact) mass is 296 g/mol. The highest BCUT2D eigenvalue weighted by molar-refractivity contribution is 5.13. The number of aromatic nitrogens is 1. The highest BCUT2D eigenvalue weighted by Gasteiger charge is 2.08. The van der Waals surface area contributed by atoms with Crippen molar-refractivity contribution in [2.75, 3.05) is 33.0 Å². The van der Waals surface area contributed by atoms with Gasteiger partial charge in [-0.3, -0.25) is 4.98 Å². The van der Waals surface area contributed by atoms with Crippen LogP contribution in [0.1, 0.15) is 38.3 Å². The van der Waals surface area contributed by atoms with E-state index in [9.17, 15) is 5.11 Å². The van der Waals surface area contributed by atoms with Crippen LogP contribution < -0.4 is 5.32 Å². The molecule has 5 nitrogen and oxygen atoms in total. The van der Waals surface area contributed by atoms with Crippen LogP contribution in [0.25, 0.3) is 0 Å². The van der Waals surface area contributed by atoms with Gasteiger partial charge in [-0.1, -0.05) is 13.3 Å². The summed E-state index contributed by atoms with van der Waals surface area (Å²) in [5, 5.41) is 13.1. The molecule has 120 valence electrons. The molecule has 2 N–H and O–H groups in total. The average Bonchev–Trinajstić information content (AvgIpc) is 2.52. The van der Waals surface area contributed by atoms with E-state index in [4.69, 9.17) is 9.47 Å². The molecule has 1 rings (SSSR count). The maximum atomic E-state index is 9.85. The van der Waals surface area contributed by atoms with Crippen LogP contribution in [-0.4, -0.2) is 49.2 Å². The van der Waals surface area contributed by atoms with Crippen LogP contribution in [0.4, 0.5) is 0 Å². The van der Waals surface area contributed by atoms with E-state index in [1.807, 2.05) is 12.1 Å². The number of aliphatic hydroxyl groups is 1. The standard InChI is InChI=1S/C16H28N2O3/c1-3-4-9-20-10-11-21-13-16(19)12-18-14(2)15-5-7-17-8-6-15/h5-8,14,16,18-19H,3-4,9-13H2,1-2H3/t14-,16?/m0/s1. The molecule has 0 bridgehead atoms. The predicted molar refractivity (Wildman–Crippen MR) is 83.2 cm³/mol. The average molecular weight is 296 g/mol. The second kappa shape index (κ2) is 11.6. The summed E-state index contributed by atoms with van der Waals surface area (Å²) in [6.45, 7) is 6.93. The van der Waals surface area contributed by atoms with Gasteiger partial charge in [-0.15, -0.1) is 0 Å². The Hall–Kier alpha value is -1.01. The topological polar surface area (TPSA) is 63.6 Å². The molecule has 0 amide bonds. The van der Waals surface area contributed by atoms with Crippen molar-refractivity contribution in [1.82, 2.24) is 10.3 Å². The van der Waals surface area contributed by atoms with Gasteiger partial charge in [0.2, 0.25) is 0 Å². The molecule has 21 heavy (non-hydrogen) atoms. The zero-order chi connectivity index (χ0) is 15.3. The predicted octanol–water partition coefficient (Wildman–Crippen LogP) is 1.93. The van der Waals surface area contributed by atoms with Gasteiger partial charge in [-0.25, -0.2) is 0 Å². The Morgan fingerprint density at radius 3 is 2.62 bits per heavy atom. The number of nitrogens with one attached hydrogen (secondary N) is 1. The number of unbranched alkanes of at least 4 members (excludes halogenated alkanes) is 1. The van der Waals surface area contributed by atoms with Crippen LogP contribution >= 0.6 is 0 Å². The van der Waals surface area contributed by atoms with E-state index in [1.54, 1.807) is 12.4 Å². The lowest BCUT2D eigenvalue weighted by Crippen LogP contribution is -2.32. The van der Waals surface area contributed by atoms with E-state index in [-0.39, 0.29) is 6.04 Å². The molecule has 1 aromatic heterocycles. The number of aliphatic hydroxyl groups excluding tert-OH is 1. The minimum atomic E-state index is -0.509. The first-order valence-electron chi connectivity index (χ1n) is 7.71. The van der Waals surface area contributed by atoms with E-state index in [2.05, 4.69) is 24.1 Å². The minimum absolute atomic E-state index is 0.181. The third-order valence-electron chi connectivity index (χ3n) is 3.19. The van der Waals surface area contributed by atoms with Gasteiger partial charge >= 0.3 is 0 Å². The number of nitrogens with zero attached hydrogens (tertiary/aromatic N) is 1. The van der Waals surface area contributed by atoms with Gasteiger partial charge in [0.1, 0.15) is 0 Å². The zero-order valence-electron chi connectivity index (χ0n) is 13.1. The first-order chi connectivity index (χ1) is 10.2. The summed E-state index contributed by atoms with van der Waals surface area (Å²) < 4.78 is 10.8. The van der Waals surface area contributed by atoms with E-state index in [1.165, 1.54) is 0 Å². The van der Waals surface area contributed by atoms with Crippen molar-refractivity contribution in [2.45, 2.75) is 38.8 Å². The Labute approximate surface area is 127 Å². The lowest BCUT2D eigenvalue weighted by atomic mass is 10.1. The molecular formula is C16H28N2O3. The zero-order valence-corrected chi connectivity index (χ0v) is 13.1. The minimum Gasteiger partial charge on any atom is -0.389 e. The number of hydrogen-bond donors (Lipinski definition) is 2. The molecule has 1 aromatic rings. The second-order valence-electron chi connectivity index (χ2n) is 5.11. The van der Waals surface area contributed by atoms with Crippen molar-refractivity contribution in [3.63, 3.8) is 0 Å². The van der Waals surface area contributed by atoms with E-state index < -0.39 is 6.10 Å². The van der Waals surface area contributed by atoms with Crippen molar-refractivity contribution in [3.05, 3.63) is 30.1 Å². The summed E-state index contributed by atoms with van der Waals surface area (Å²) in [6, 6.07) is 4.11. The van der Waals surface area contributed by atoms with Crippen LogP contribution in [-0.2, 0) is 9.47 Å². The normalized spacial score (nSPS) is 14.0. The third-order valence-corrected chi connectivity index (χ3v) is 3.19. The van der Waals surface area contributed by atoms with Crippen molar-refractivity contribution < 1.29 is 14.6 Å². The fourth-order valence-electron chi connectivity index (χ4n) is 1.83. The van der Waals surface area contributed by atoms with Crippen molar-refractivity contribution >= 4 is 0 Å². The quantitative estimate of drug-likeness (QED) is 0.577. The highest BCUT2D eigenvalue weighted by atomic mass is 16.5. The molecule has 0 aliphatic carbocycles. The molecular weight excluding hydrogens is 268 g/mol. The Morgan fingerprint density at radius 2 is 1.90 bits per heavy atom. The first-order valence-corrected chi connectivity index (χ1v) is 7.71.